The molecule has 0 radical (unpaired) electrons. The summed E-state index contributed by atoms with van der Waals surface area (Å²) >= 11 is 0. The Kier molecular flexibility index (Phi) is 4.12. The van der Waals surface area contributed by atoms with Crippen LogP contribution in [0.5, 0.6) is 0 Å². The average Bonchev–Trinajstić information content (AvgIpc) is 3.19. The number of rotatable bonds is 5. The molecule has 3 atom stereocenters. The summed E-state index contributed by atoms with van der Waals surface area (Å²) in [6.07, 6.45) is 3.41. The molecule has 24 heavy (non-hydrogen) atoms. The fourth-order valence-electron chi connectivity index (χ4n) is 4.01. The summed E-state index contributed by atoms with van der Waals surface area (Å²) in [5.74, 6) is 0.669. The van der Waals surface area contributed by atoms with Crippen molar-refractivity contribution >= 4 is 20.9 Å². The maximum absolute atomic E-state index is 11.3. The first kappa shape index (κ1) is 16.1. The van der Waals surface area contributed by atoms with Gasteiger partial charge in [-0.3, -0.25) is 4.90 Å². The van der Waals surface area contributed by atoms with Crippen LogP contribution in [0.15, 0.2) is 30.5 Å². The molecule has 2 fully saturated rings. The molecule has 1 aromatic heterocycles. The highest BCUT2D eigenvalue weighted by atomic mass is 32.2. The van der Waals surface area contributed by atoms with Crippen molar-refractivity contribution in [2.75, 3.05) is 32.5 Å². The fourth-order valence-corrected chi connectivity index (χ4v) is 4.52. The second-order valence-corrected chi connectivity index (χ2v) is 8.80. The van der Waals surface area contributed by atoms with E-state index in [0.29, 0.717) is 19.1 Å². The molecule has 3 heterocycles. The normalized spacial score (nSPS) is 27.8. The van der Waals surface area contributed by atoms with Gasteiger partial charge in [-0.05, 0) is 17.7 Å². The highest BCUT2D eigenvalue weighted by Gasteiger charge is 2.43. The van der Waals surface area contributed by atoms with Crippen molar-refractivity contribution in [1.82, 2.24) is 14.6 Å². The van der Waals surface area contributed by atoms with E-state index in [1.54, 1.807) is 0 Å². The van der Waals surface area contributed by atoms with Crippen LogP contribution in [0.1, 0.15) is 5.56 Å². The van der Waals surface area contributed by atoms with Gasteiger partial charge in [-0.1, -0.05) is 12.1 Å². The van der Waals surface area contributed by atoms with E-state index in [-0.39, 0.29) is 12.0 Å². The third-order valence-electron chi connectivity index (χ3n) is 5.20. The molecule has 6 nitrogen and oxygen atoms in total. The fraction of sp³-hybridized carbons (Fsp3) is 0.529. The molecule has 2 N–H and O–H groups in total. The number of likely N-dealkylation sites (tertiary alicyclic amines) is 1. The van der Waals surface area contributed by atoms with Crippen molar-refractivity contribution < 1.29 is 13.2 Å². The SMILES string of the molecule is CS(=O)(=O)NC[C@@H]1CO[C@@H]2CN(Cc3cccc4[nH]ccc34)C[C@H]12. The van der Waals surface area contributed by atoms with Crippen molar-refractivity contribution in [2.24, 2.45) is 11.8 Å². The summed E-state index contributed by atoms with van der Waals surface area (Å²) in [5.41, 5.74) is 2.48. The number of nitrogens with zero attached hydrogens (tertiary/aromatic N) is 1. The summed E-state index contributed by atoms with van der Waals surface area (Å²) in [7, 11) is -3.14. The summed E-state index contributed by atoms with van der Waals surface area (Å²) < 4.78 is 31.2. The maximum atomic E-state index is 11.3. The van der Waals surface area contributed by atoms with Crippen LogP contribution < -0.4 is 4.72 Å². The van der Waals surface area contributed by atoms with Crippen LogP contribution in [0.2, 0.25) is 0 Å². The maximum Gasteiger partial charge on any atom is 0.208 e. The van der Waals surface area contributed by atoms with E-state index in [2.05, 4.69) is 38.9 Å². The van der Waals surface area contributed by atoms with E-state index >= 15 is 0 Å². The summed E-state index contributed by atoms with van der Waals surface area (Å²) in [6, 6.07) is 8.47. The number of sulfonamides is 1. The molecule has 2 aromatic rings. The monoisotopic (exact) mass is 349 g/mol. The minimum Gasteiger partial charge on any atom is -0.376 e. The Morgan fingerprint density at radius 1 is 1.33 bits per heavy atom. The van der Waals surface area contributed by atoms with Gasteiger partial charge in [0.25, 0.3) is 0 Å². The Bertz CT molecular complexity index is 832. The van der Waals surface area contributed by atoms with Crippen LogP contribution in [-0.2, 0) is 21.3 Å². The standard InChI is InChI=1S/C17H23N3O3S/c1-24(21,22)19-7-13-11-23-17-10-20(9-15(13)17)8-12-3-2-4-16-14(12)5-6-18-16/h2-6,13,15,17-19H,7-11H2,1H3/t13-,15-,17-/m1/s1. The molecule has 0 amide bonds. The van der Waals surface area contributed by atoms with Gasteiger partial charge in [-0.15, -0.1) is 0 Å². The molecule has 0 spiro atoms. The number of ether oxygens (including phenoxy) is 1. The molecule has 2 aliphatic rings. The topological polar surface area (TPSA) is 74.4 Å². The third-order valence-corrected chi connectivity index (χ3v) is 5.89. The molecule has 4 rings (SSSR count). The largest absolute Gasteiger partial charge is 0.376 e. The molecule has 0 saturated carbocycles. The van der Waals surface area contributed by atoms with E-state index in [1.807, 2.05) is 6.20 Å². The second kappa shape index (κ2) is 6.15. The van der Waals surface area contributed by atoms with E-state index in [9.17, 15) is 8.42 Å². The number of aromatic amines is 1. The number of aromatic nitrogens is 1. The Hall–Kier alpha value is -1.41. The highest BCUT2D eigenvalue weighted by molar-refractivity contribution is 7.88. The van der Waals surface area contributed by atoms with Crippen LogP contribution in [-0.4, -0.2) is 56.9 Å². The van der Waals surface area contributed by atoms with Crippen LogP contribution in [0.3, 0.4) is 0 Å². The minimum atomic E-state index is -3.14. The molecule has 0 aliphatic carbocycles. The number of nitrogens with one attached hydrogen (secondary N) is 2. The lowest BCUT2D eigenvalue weighted by Crippen LogP contribution is -2.33. The number of fused-ring (bicyclic) bond motifs is 2. The van der Waals surface area contributed by atoms with E-state index in [1.165, 1.54) is 22.7 Å². The Balaban J connectivity index is 1.42. The predicted octanol–water partition coefficient (Wildman–Crippen LogP) is 1.16. The highest BCUT2D eigenvalue weighted by Crippen LogP contribution is 2.34. The van der Waals surface area contributed by atoms with Gasteiger partial charge >= 0.3 is 0 Å². The molecule has 2 saturated heterocycles. The zero-order valence-electron chi connectivity index (χ0n) is 13.7. The van der Waals surface area contributed by atoms with E-state index < -0.39 is 10.0 Å². The van der Waals surface area contributed by atoms with Gasteiger partial charge in [0.15, 0.2) is 0 Å². The number of H-pyrrole nitrogens is 1. The second-order valence-electron chi connectivity index (χ2n) is 6.97. The minimum absolute atomic E-state index is 0.224. The van der Waals surface area contributed by atoms with E-state index in [0.717, 1.165) is 19.6 Å². The van der Waals surface area contributed by atoms with Crippen LogP contribution in [0, 0.1) is 11.8 Å². The Morgan fingerprint density at radius 2 is 2.21 bits per heavy atom. The van der Waals surface area contributed by atoms with Gasteiger partial charge in [0.1, 0.15) is 0 Å². The van der Waals surface area contributed by atoms with Crippen molar-refractivity contribution in [3.05, 3.63) is 36.0 Å². The van der Waals surface area contributed by atoms with Crippen LogP contribution in [0.4, 0.5) is 0 Å². The van der Waals surface area contributed by atoms with Gasteiger partial charge < -0.3 is 9.72 Å². The Labute approximate surface area is 142 Å². The van der Waals surface area contributed by atoms with Crippen molar-refractivity contribution in [3.8, 4) is 0 Å². The first-order valence-electron chi connectivity index (χ1n) is 8.33. The van der Waals surface area contributed by atoms with Gasteiger partial charge in [0, 0.05) is 55.1 Å². The Morgan fingerprint density at radius 3 is 3.04 bits per heavy atom. The molecular weight excluding hydrogens is 326 g/mol. The molecule has 0 unspecified atom stereocenters. The molecule has 130 valence electrons. The lowest BCUT2D eigenvalue weighted by atomic mass is 9.93. The smallest absolute Gasteiger partial charge is 0.208 e. The number of hydrogen-bond acceptors (Lipinski definition) is 4. The van der Waals surface area contributed by atoms with Crippen molar-refractivity contribution in [3.63, 3.8) is 0 Å². The summed E-state index contributed by atoms with van der Waals surface area (Å²) in [6.45, 7) is 3.90. The van der Waals surface area contributed by atoms with Gasteiger partial charge in [-0.2, -0.15) is 0 Å². The van der Waals surface area contributed by atoms with Crippen LogP contribution in [0.25, 0.3) is 10.9 Å². The quantitative estimate of drug-likeness (QED) is 0.850. The summed E-state index contributed by atoms with van der Waals surface area (Å²) in [5, 5.41) is 1.27. The van der Waals surface area contributed by atoms with Gasteiger partial charge in [0.2, 0.25) is 10.0 Å². The zero-order valence-corrected chi connectivity index (χ0v) is 14.6. The number of hydrogen-bond donors (Lipinski definition) is 2. The summed E-state index contributed by atoms with van der Waals surface area (Å²) in [4.78, 5) is 5.67. The van der Waals surface area contributed by atoms with Gasteiger partial charge in [-0.25, -0.2) is 13.1 Å². The van der Waals surface area contributed by atoms with Crippen molar-refractivity contribution in [2.45, 2.75) is 12.6 Å². The molecule has 2 aliphatic heterocycles. The lowest BCUT2D eigenvalue weighted by Gasteiger charge is -2.20. The third kappa shape index (κ3) is 3.21. The van der Waals surface area contributed by atoms with Crippen molar-refractivity contribution in [1.29, 1.82) is 0 Å². The first-order chi connectivity index (χ1) is 11.5. The molecule has 1 aromatic carbocycles. The zero-order chi connectivity index (χ0) is 16.7. The first-order valence-corrected chi connectivity index (χ1v) is 10.2. The number of benzene rings is 1. The lowest BCUT2D eigenvalue weighted by molar-refractivity contribution is 0.0943. The molecule has 7 heteroatoms. The predicted molar refractivity (Wildman–Crippen MR) is 93.1 cm³/mol. The van der Waals surface area contributed by atoms with Crippen LogP contribution >= 0.6 is 0 Å². The van der Waals surface area contributed by atoms with E-state index in [4.69, 9.17) is 4.74 Å². The molecule has 0 bridgehead atoms. The molecular formula is C17H23N3O3S. The average molecular weight is 349 g/mol. The van der Waals surface area contributed by atoms with Gasteiger partial charge in [0.05, 0.1) is 19.0 Å².